The maximum absolute atomic E-state index is 12.0. The number of hydrogen-bond acceptors (Lipinski definition) is 3. The van der Waals surface area contributed by atoms with Crippen LogP contribution in [0.4, 0.5) is 13.2 Å². The highest BCUT2D eigenvalue weighted by molar-refractivity contribution is 9.10. The SMILES string of the molecule is FC(F)(F)Oc1cc(Br)cc2ncoc12. The van der Waals surface area contributed by atoms with E-state index in [0.717, 1.165) is 6.39 Å². The maximum Gasteiger partial charge on any atom is 0.573 e. The molecule has 0 amide bonds. The maximum atomic E-state index is 12.0. The van der Waals surface area contributed by atoms with Gasteiger partial charge in [-0.25, -0.2) is 4.98 Å². The topological polar surface area (TPSA) is 35.3 Å². The number of hydrogen-bond donors (Lipinski definition) is 0. The second-order valence-electron chi connectivity index (χ2n) is 2.65. The minimum atomic E-state index is -4.75. The van der Waals surface area contributed by atoms with Crippen LogP contribution in [0.5, 0.6) is 5.75 Å². The quantitative estimate of drug-likeness (QED) is 0.803. The van der Waals surface area contributed by atoms with E-state index in [9.17, 15) is 13.2 Å². The van der Waals surface area contributed by atoms with E-state index in [1.165, 1.54) is 12.1 Å². The van der Waals surface area contributed by atoms with Gasteiger partial charge in [-0.3, -0.25) is 0 Å². The van der Waals surface area contributed by atoms with Crippen molar-refractivity contribution in [2.45, 2.75) is 6.36 Å². The number of ether oxygens (including phenoxy) is 1. The molecule has 0 radical (unpaired) electrons. The van der Waals surface area contributed by atoms with E-state index in [4.69, 9.17) is 4.42 Å². The van der Waals surface area contributed by atoms with Crippen LogP contribution in [0.3, 0.4) is 0 Å². The molecule has 1 aromatic carbocycles. The minimum absolute atomic E-state index is 0.0319. The molecule has 0 spiro atoms. The first-order chi connectivity index (χ1) is 6.96. The average Bonchev–Trinajstić information content (AvgIpc) is 2.48. The molecule has 2 aromatic rings. The third kappa shape index (κ3) is 2.23. The van der Waals surface area contributed by atoms with Gasteiger partial charge in [-0.1, -0.05) is 15.9 Å². The Kier molecular flexibility index (Phi) is 2.34. The van der Waals surface area contributed by atoms with E-state index in [-0.39, 0.29) is 5.58 Å². The Balaban J connectivity index is 2.53. The van der Waals surface area contributed by atoms with Gasteiger partial charge in [0.05, 0.1) is 0 Å². The van der Waals surface area contributed by atoms with Crippen molar-refractivity contribution >= 4 is 27.0 Å². The number of fused-ring (bicyclic) bond motifs is 1. The zero-order valence-electron chi connectivity index (χ0n) is 7.01. The highest BCUT2D eigenvalue weighted by atomic mass is 79.9. The summed E-state index contributed by atoms with van der Waals surface area (Å²) in [4.78, 5) is 3.73. The number of oxazole rings is 1. The molecule has 0 atom stereocenters. The van der Waals surface area contributed by atoms with Gasteiger partial charge in [0.1, 0.15) is 5.52 Å². The van der Waals surface area contributed by atoms with Crippen LogP contribution < -0.4 is 4.74 Å². The average molecular weight is 282 g/mol. The van der Waals surface area contributed by atoms with Gasteiger partial charge >= 0.3 is 6.36 Å². The number of alkyl halides is 3. The summed E-state index contributed by atoms with van der Waals surface area (Å²) in [6.07, 6.45) is -3.69. The second-order valence-corrected chi connectivity index (χ2v) is 3.57. The first kappa shape index (κ1) is 10.3. The smallest absolute Gasteiger partial charge is 0.440 e. The summed E-state index contributed by atoms with van der Waals surface area (Å²) in [5.41, 5.74) is 0.263. The van der Waals surface area contributed by atoms with Crippen LogP contribution in [-0.2, 0) is 0 Å². The molecule has 0 aliphatic carbocycles. The molecule has 0 aliphatic heterocycles. The summed E-state index contributed by atoms with van der Waals surface area (Å²) in [7, 11) is 0. The molecule has 0 unspecified atom stereocenters. The molecule has 7 heteroatoms. The summed E-state index contributed by atoms with van der Waals surface area (Å²) in [6.45, 7) is 0. The van der Waals surface area contributed by atoms with Crippen molar-refractivity contribution < 1.29 is 22.3 Å². The third-order valence-corrected chi connectivity index (χ3v) is 2.05. The standard InChI is InChI=1S/C8H3BrF3NO2/c9-4-1-5-7(14-3-13-5)6(2-4)15-8(10,11)12/h1-3H. The zero-order chi connectivity index (χ0) is 11.1. The van der Waals surface area contributed by atoms with Crippen LogP contribution in [0.25, 0.3) is 11.1 Å². The lowest BCUT2D eigenvalue weighted by Gasteiger charge is -2.08. The summed E-state index contributed by atoms with van der Waals surface area (Å²) in [5, 5.41) is 0. The zero-order valence-corrected chi connectivity index (χ0v) is 8.59. The van der Waals surface area contributed by atoms with Crippen LogP contribution in [0.1, 0.15) is 0 Å². The number of halogens is 4. The molecule has 0 fully saturated rings. The summed E-state index contributed by atoms with van der Waals surface area (Å²) in [5.74, 6) is -0.413. The monoisotopic (exact) mass is 281 g/mol. The molecule has 0 N–H and O–H groups in total. The van der Waals surface area contributed by atoms with Crippen molar-refractivity contribution in [3.63, 3.8) is 0 Å². The molecule has 0 saturated heterocycles. The molecule has 0 aliphatic rings. The first-order valence-corrected chi connectivity index (χ1v) is 4.53. The second kappa shape index (κ2) is 3.41. The van der Waals surface area contributed by atoms with Crippen molar-refractivity contribution in [1.82, 2.24) is 4.98 Å². The molecule has 2 rings (SSSR count). The van der Waals surface area contributed by atoms with Crippen molar-refractivity contribution in [1.29, 1.82) is 0 Å². The van der Waals surface area contributed by atoms with E-state index >= 15 is 0 Å². The number of rotatable bonds is 1. The van der Waals surface area contributed by atoms with Gasteiger partial charge in [0.2, 0.25) is 0 Å². The lowest BCUT2D eigenvalue weighted by Crippen LogP contribution is -2.17. The van der Waals surface area contributed by atoms with Crippen LogP contribution in [0, 0.1) is 0 Å². The summed E-state index contributed by atoms with van der Waals surface area (Å²) >= 11 is 3.05. The van der Waals surface area contributed by atoms with Gasteiger partial charge < -0.3 is 9.15 Å². The Morgan fingerprint density at radius 2 is 2.07 bits per heavy atom. The Labute approximate surface area is 90.0 Å². The van der Waals surface area contributed by atoms with E-state index in [1.54, 1.807) is 0 Å². The lowest BCUT2D eigenvalue weighted by atomic mass is 10.3. The van der Waals surface area contributed by atoms with Gasteiger partial charge in [-0.15, -0.1) is 13.2 Å². The predicted molar refractivity (Wildman–Crippen MR) is 48.4 cm³/mol. The minimum Gasteiger partial charge on any atom is -0.440 e. The molecule has 3 nitrogen and oxygen atoms in total. The highest BCUT2D eigenvalue weighted by Gasteiger charge is 2.32. The van der Waals surface area contributed by atoms with E-state index < -0.39 is 12.1 Å². The number of nitrogens with zero attached hydrogens (tertiary/aromatic N) is 1. The van der Waals surface area contributed by atoms with Crippen LogP contribution in [0.2, 0.25) is 0 Å². The highest BCUT2D eigenvalue weighted by Crippen LogP contribution is 2.33. The molecule has 80 valence electrons. The van der Waals surface area contributed by atoms with Crippen LogP contribution in [-0.4, -0.2) is 11.3 Å². The molecule has 1 aromatic heterocycles. The van der Waals surface area contributed by atoms with Crippen LogP contribution >= 0.6 is 15.9 Å². The predicted octanol–water partition coefficient (Wildman–Crippen LogP) is 3.49. The van der Waals surface area contributed by atoms with Crippen molar-refractivity contribution in [3.05, 3.63) is 23.0 Å². The Hall–Kier alpha value is -1.24. The van der Waals surface area contributed by atoms with Gasteiger partial charge in [0.25, 0.3) is 0 Å². The van der Waals surface area contributed by atoms with E-state index in [0.29, 0.717) is 9.99 Å². The molecule has 0 saturated carbocycles. The molecule has 15 heavy (non-hydrogen) atoms. The normalized spacial score (nSPS) is 12.0. The van der Waals surface area contributed by atoms with Crippen molar-refractivity contribution in [2.75, 3.05) is 0 Å². The third-order valence-electron chi connectivity index (χ3n) is 1.59. The molecular formula is C8H3BrF3NO2. The largest absolute Gasteiger partial charge is 0.573 e. The molecule has 0 bridgehead atoms. The van der Waals surface area contributed by atoms with E-state index in [2.05, 4.69) is 25.7 Å². The number of aromatic nitrogens is 1. The Morgan fingerprint density at radius 1 is 1.33 bits per heavy atom. The van der Waals surface area contributed by atoms with Gasteiger partial charge in [0, 0.05) is 4.47 Å². The van der Waals surface area contributed by atoms with Gasteiger partial charge in [-0.2, -0.15) is 0 Å². The molecule has 1 heterocycles. The van der Waals surface area contributed by atoms with Gasteiger partial charge in [-0.05, 0) is 12.1 Å². The fourth-order valence-corrected chi connectivity index (χ4v) is 1.53. The number of benzene rings is 1. The van der Waals surface area contributed by atoms with Crippen molar-refractivity contribution in [3.8, 4) is 5.75 Å². The summed E-state index contributed by atoms with van der Waals surface area (Å²) < 4.78 is 45.0. The van der Waals surface area contributed by atoms with Crippen molar-refractivity contribution in [2.24, 2.45) is 0 Å². The van der Waals surface area contributed by atoms with Crippen LogP contribution in [0.15, 0.2) is 27.4 Å². The Bertz CT molecular complexity index is 494. The fraction of sp³-hybridized carbons (Fsp3) is 0.125. The molecular weight excluding hydrogens is 279 g/mol. The van der Waals surface area contributed by atoms with E-state index in [1.807, 2.05) is 0 Å². The summed E-state index contributed by atoms with van der Waals surface area (Å²) in [6, 6.07) is 2.70. The first-order valence-electron chi connectivity index (χ1n) is 3.74. The van der Waals surface area contributed by atoms with Gasteiger partial charge in [0.15, 0.2) is 17.7 Å². The fourth-order valence-electron chi connectivity index (χ4n) is 1.11. The lowest BCUT2D eigenvalue weighted by molar-refractivity contribution is -0.274. The Morgan fingerprint density at radius 3 is 2.73 bits per heavy atom.